The molecule has 2 aromatic carbocycles. The van der Waals surface area contributed by atoms with Crippen molar-refractivity contribution in [1.82, 2.24) is 30.7 Å². The van der Waals surface area contributed by atoms with E-state index < -0.39 is 29.2 Å². The zero-order valence-corrected chi connectivity index (χ0v) is 36.5. The Morgan fingerprint density at radius 2 is 1.58 bits per heavy atom. The highest BCUT2D eigenvalue weighted by Gasteiger charge is 2.22. The molecule has 0 bridgehead atoms. The number of carbonyl (C=O) groups is 6. The molecule has 21 heteroatoms. The van der Waals surface area contributed by atoms with Crippen LogP contribution in [-0.2, 0) is 19.1 Å². The van der Waals surface area contributed by atoms with Crippen molar-refractivity contribution in [3.63, 3.8) is 0 Å². The van der Waals surface area contributed by atoms with Gasteiger partial charge in [0.15, 0.2) is 13.6 Å². The predicted octanol–water partition coefficient (Wildman–Crippen LogP) is 1.06. The summed E-state index contributed by atoms with van der Waals surface area (Å²) in [4.78, 5) is 91.9. The van der Waals surface area contributed by atoms with Gasteiger partial charge in [-0.1, -0.05) is 37.1 Å². The summed E-state index contributed by atoms with van der Waals surface area (Å²) in [5.41, 5.74) is 11.4. The van der Waals surface area contributed by atoms with E-state index >= 15 is 0 Å². The van der Waals surface area contributed by atoms with E-state index in [0.29, 0.717) is 64.7 Å². The molecule has 2 aromatic rings. The second-order valence-electron chi connectivity index (χ2n) is 14.3. The maximum atomic E-state index is 13.3. The van der Waals surface area contributed by atoms with Gasteiger partial charge in [0.05, 0.1) is 28.8 Å². The highest BCUT2D eigenvalue weighted by Crippen LogP contribution is 2.25. The number of nitroso groups, excluding NO2 is 1. The van der Waals surface area contributed by atoms with Gasteiger partial charge in [0.25, 0.3) is 11.8 Å². The SMILES string of the molecule is CCCN(CCN)CCN(CCNC(=O)c1cccc(C(=O)OCCNC(=O)c2cccc(C=O)c2O)c1N=O)CC(N)CCCCNC(=O)COCC(=O)N(C)CC[B]C=S. The van der Waals surface area contributed by atoms with Crippen LogP contribution < -0.4 is 27.4 Å². The highest BCUT2D eigenvalue weighted by molar-refractivity contribution is 7.81. The first kappa shape index (κ1) is 53.0. The van der Waals surface area contributed by atoms with Gasteiger partial charge in [0.2, 0.25) is 11.8 Å². The Hall–Kier alpha value is -5.19. The number of thiocarbonyl (C=S) groups is 1. The van der Waals surface area contributed by atoms with E-state index in [1.165, 1.54) is 46.6 Å². The second-order valence-corrected chi connectivity index (χ2v) is 14.6. The Morgan fingerprint density at radius 1 is 0.887 bits per heavy atom. The van der Waals surface area contributed by atoms with E-state index in [2.05, 4.69) is 37.9 Å². The normalized spacial score (nSPS) is 11.4. The summed E-state index contributed by atoms with van der Waals surface area (Å²) >= 11 is 4.74. The Balaban J connectivity index is 1.89. The van der Waals surface area contributed by atoms with Crippen molar-refractivity contribution in [2.24, 2.45) is 16.6 Å². The summed E-state index contributed by atoms with van der Waals surface area (Å²) in [5, 5.41) is 22.6. The van der Waals surface area contributed by atoms with Gasteiger partial charge in [-0.2, -0.15) is 0 Å². The number of benzene rings is 2. The number of para-hydroxylation sites is 1. The maximum Gasteiger partial charge on any atom is 0.340 e. The molecule has 0 aliphatic rings. The Bertz CT molecular complexity index is 1770. The molecular formula is C41H61BN9O10S. The number of hydrogen-bond donors (Lipinski definition) is 6. The lowest BCUT2D eigenvalue weighted by Crippen LogP contribution is -2.45. The largest absolute Gasteiger partial charge is 0.506 e. The summed E-state index contributed by atoms with van der Waals surface area (Å²) in [6.07, 6.45) is 4.14. The summed E-state index contributed by atoms with van der Waals surface area (Å²) < 4.78 is 10.5. The van der Waals surface area contributed by atoms with E-state index in [0.717, 1.165) is 32.5 Å². The first-order valence-corrected chi connectivity index (χ1v) is 21.1. The van der Waals surface area contributed by atoms with Crippen LogP contribution in [0.2, 0.25) is 6.32 Å². The van der Waals surface area contributed by atoms with Gasteiger partial charge >= 0.3 is 5.97 Å². The fourth-order valence-corrected chi connectivity index (χ4v) is 6.32. The average molecular weight is 883 g/mol. The van der Waals surface area contributed by atoms with Crippen LogP contribution >= 0.6 is 12.2 Å². The minimum Gasteiger partial charge on any atom is -0.506 e. The number of phenolic OH excluding ortho intramolecular Hbond substituents is 1. The number of nitrogens with two attached hydrogens (primary N) is 2. The molecule has 0 aromatic heterocycles. The molecule has 1 atom stereocenters. The van der Waals surface area contributed by atoms with Crippen LogP contribution in [0.1, 0.15) is 74.0 Å². The van der Waals surface area contributed by atoms with Gasteiger partial charge in [-0.3, -0.25) is 28.9 Å². The Kier molecular flexibility index (Phi) is 26.3. The van der Waals surface area contributed by atoms with Crippen molar-refractivity contribution in [2.75, 3.05) is 98.9 Å². The monoisotopic (exact) mass is 882 g/mol. The molecule has 8 N–H and O–H groups in total. The van der Waals surface area contributed by atoms with Crippen molar-refractivity contribution >= 4 is 66.3 Å². The molecule has 0 heterocycles. The number of unbranched alkanes of at least 4 members (excludes halogenated alkanes) is 1. The van der Waals surface area contributed by atoms with Gasteiger partial charge in [-0.25, -0.2) is 4.79 Å². The topological polar surface area (TPSA) is 268 Å². The first-order chi connectivity index (χ1) is 29.9. The number of ether oxygens (including phenoxy) is 2. The minimum atomic E-state index is -0.944. The molecule has 2 rings (SSSR count). The van der Waals surface area contributed by atoms with E-state index in [1.54, 1.807) is 14.3 Å². The number of aldehydes is 1. The number of likely N-dealkylation sites (N-methyl/N-ethyl adjacent to an activating group) is 1. The van der Waals surface area contributed by atoms with Crippen molar-refractivity contribution in [3.8, 4) is 5.75 Å². The number of nitrogens with zero attached hydrogens (tertiary/aromatic N) is 4. The number of esters is 1. The van der Waals surface area contributed by atoms with Crippen LogP contribution in [0.15, 0.2) is 41.6 Å². The van der Waals surface area contributed by atoms with Crippen LogP contribution in [-0.4, -0.2) is 173 Å². The molecule has 19 nitrogen and oxygen atoms in total. The molecule has 339 valence electrons. The maximum absolute atomic E-state index is 13.3. The van der Waals surface area contributed by atoms with Crippen molar-refractivity contribution in [1.29, 1.82) is 0 Å². The van der Waals surface area contributed by atoms with Gasteiger partial charge in [-0.15, -0.1) is 17.1 Å². The molecule has 0 saturated heterocycles. The van der Waals surface area contributed by atoms with E-state index in [4.69, 9.17) is 33.2 Å². The average Bonchev–Trinajstić information content (AvgIpc) is 3.26. The van der Waals surface area contributed by atoms with Crippen LogP contribution in [0, 0.1) is 4.91 Å². The zero-order valence-electron chi connectivity index (χ0n) is 35.7. The van der Waals surface area contributed by atoms with E-state index in [-0.39, 0.29) is 73.0 Å². The summed E-state index contributed by atoms with van der Waals surface area (Å²) in [5.74, 6) is -3.29. The number of nitrogens with one attached hydrogen (secondary N) is 3. The van der Waals surface area contributed by atoms with Crippen LogP contribution in [0.3, 0.4) is 0 Å². The number of rotatable bonds is 33. The lowest BCUT2D eigenvalue weighted by Gasteiger charge is -2.29. The molecule has 0 fully saturated rings. The highest BCUT2D eigenvalue weighted by atomic mass is 32.1. The fraction of sp³-hybridized carbons (Fsp3) is 0.537. The summed E-state index contributed by atoms with van der Waals surface area (Å²) in [6, 6.07) is 7.99. The number of amides is 4. The molecule has 1 radical (unpaired) electrons. The number of hydrogen-bond acceptors (Lipinski definition) is 16. The van der Waals surface area contributed by atoms with Crippen molar-refractivity contribution in [3.05, 3.63) is 63.6 Å². The van der Waals surface area contributed by atoms with Gasteiger partial charge in [0, 0.05) is 72.0 Å². The molecular weight excluding hydrogens is 821 g/mol. The third-order valence-corrected chi connectivity index (χ3v) is 9.70. The quantitative estimate of drug-likeness (QED) is 0.0146. The zero-order chi connectivity index (χ0) is 45.7. The molecule has 4 amide bonds. The van der Waals surface area contributed by atoms with Crippen molar-refractivity contribution in [2.45, 2.75) is 45.0 Å². The molecule has 0 aliphatic heterocycles. The van der Waals surface area contributed by atoms with Crippen molar-refractivity contribution < 1.29 is 43.3 Å². The van der Waals surface area contributed by atoms with Crippen LogP contribution in [0.5, 0.6) is 5.75 Å². The fourth-order valence-electron chi connectivity index (χ4n) is 6.18. The first-order valence-electron chi connectivity index (χ1n) is 20.6. The smallest absolute Gasteiger partial charge is 0.340 e. The lowest BCUT2D eigenvalue weighted by molar-refractivity contribution is -0.137. The summed E-state index contributed by atoms with van der Waals surface area (Å²) in [7, 11) is 3.45. The molecule has 1 unspecified atom stereocenters. The van der Waals surface area contributed by atoms with Gasteiger partial charge in [0.1, 0.15) is 31.3 Å². The third-order valence-electron chi connectivity index (χ3n) is 9.51. The molecule has 62 heavy (non-hydrogen) atoms. The summed E-state index contributed by atoms with van der Waals surface area (Å²) in [6.45, 7) is 6.81. The predicted molar refractivity (Wildman–Crippen MR) is 240 cm³/mol. The number of phenols is 1. The number of aromatic hydroxyl groups is 1. The third kappa shape index (κ3) is 19.7. The van der Waals surface area contributed by atoms with E-state index in [9.17, 15) is 38.8 Å². The minimum absolute atomic E-state index is 0.0580. The van der Waals surface area contributed by atoms with Crippen LogP contribution in [0.4, 0.5) is 5.69 Å². The van der Waals surface area contributed by atoms with E-state index in [1.807, 2.05) is 0 Å². The second kappa shape index (κ2) is 30.8. The van der Waals surface area contributed by atoms with Gasteiger partial charge in [-0.05, 0) is 55.2 Å². The Labute approximate surface area is 369 Å². The van der Waals surface area contributed by atoms with Gasteiger partial charge < -0.3 is 51.8 Å². The molecule has 0 spiro atoms. The Morgan fingerprint density at radius 3 is 2.29 bits per heavy atom. The van der Waals surface area contributed by atoms with Crippen LogP contribution in [0.25, 0.3) is 0 Å². The standard InChI is InChI=1S/C41H61BN9O10S/c1-3-18-50(20-14-43)22-23-51(25-31(44)9-4-5-15-45-35(53)27-60-28-36(54)49(2)19-13-42-29-62)21-16-46-39(56)32-10-7-11-33(37(32)48-59)41(58)61-24-17-47-40(57)34-12-6-8-30(26-52)38(34)55/h6-8,10-12,26,29,31,55H,3-5,9,13-25,27-28,43-44H2,1-2H3,(H,45,53)(H,46,56)(H,47,57). The molecule has 0 saturated carbocycles. The lowest BCUT2D eigenvalue weighted by atomic mass is 9.78. The molecule has 0 aliphatic carbocycles. The number of carbonyl (C=O) groups excluding carboxylic acids is 6.